The Balaban J connectivity index is 1.79. The summed E-state index contributed by atoms with van der Waals surface area (Å²) >= 11 is 0. The van der Waals surface area contributed by atoms with Gasteiger partial charge in [0.05, 0.1) is 11.6 Å². The molecule has 0 bridgehead atoms. The first-order chi connectivity index (χ1) is 9.49. The van der Waals surface area contributed by atoms with Gasteiger partial charge in [0.25, 0.3) is 0 Å². The van der Waals surface area contributed by atoms with Crippen molar-refractivity contribution in [3.63, 3.8) is 0 Å². The van der Waals surface area contributed by atoms with E-state index in [0.717, 1.165) is 31.4 Å². The number of carbonyl (C=O) groups excluding carboxylic acids is 1. The largest absolute Gasteiger partial charge is 0.491 e. The summed E-state index contributed by atoms with van der Waals surface area (Å²) in [5, 5.41) is 2.96. The van der Waals surface area contributed by atoms with Crippen LogP contribution in [0.25, 0.3) is 0 Å². The normalized spacial score (nSPS) is 18.6. The van der Waals surface area contributed by atoms with Crippen LogP contribution in [0.2, 0.25) is 0 Å². The molecule has 0 heterocycles. The second-order valence-electron chi connectivity index (χ2n) is 5.86. The van der Waals surface area contributed by atoms with Crippen LogP contribution in [0.3, 0.4) is 0 Å². The number of hydrogen-bond donors (Lipinski definition) is 2. The van der Waals surface area contributed by atoms with Crippen molar-refractivity contribution < 1.29 is 9.53 Å². The average Bonchev–Trinajstić information content (AvgIpc) is 2.86. The van der Waals surface area contributed by atoms with Crippen LogP contribution < -0.4 is 15.8 Å². The summed E-state index contributed by atoms with van der Waals surface area (Å²) in [6.45, 7) is 4.42. The van der Waals surface area contributed by atoms with Gasteiger partial charge in [0.2, 0.25) is 5.91 Å². The van der Waals surface area contributed by atoms with Crippen LogP contribution in [-0.4, -0.2) is 24.1 Å². The van der Waals surface area contributed by atoms with Crippen molar-refractivity contribution in [1.82, 2.24) is 5.32 Å². The summed E-state index contributed by atoms with van der Waals surface area (Å²) in [5.41, 5.74) is 6.65. The predicted octanol–water partition coefficient (Wildman–Crippen LogP) is 2.15. The highest BCUT2D eigenvalue weighted by Crippen LogP contribution is 2.27. The molecule has 0 radical (unpaired) electrons. The van der Waals surface area contributed by atoms with Crippen LogP contribution in [-0.2, 0) is 4.79 Å². The highest BCUT2D eigenvalue weighted by molar-refractivity contribution is 5.86. The van der Waals surface area contributed by atoms with E-state index >= 15 is 0 Å². The van der Waals surface area contributed by atoms with Crippen LogP contribution in [0, 0.1) is 6.92 Å². The maximum absolute atomic E-state index is 12.1. The third-order valence-electron chi connectivity index (χ3n) is 3.85. The van der Waals surface area contributed by atoms with Crippen molar-refractivity contribution in [3.8, 4) is 5.75 Å². The highest BCUT2D eigenvalue weighted by Gasteiger charge is 2.37. The van der Waals surface area contributed by atoms with Gasteiger partial charge in [-0.3, -0.25) is 4.79 Å². The lowest BCUT2D eigenvalue weighted by atomic mass is 9.98. The first kappa shape index (κ1) is 14.9. The fourth-order valence-corrected chi connectivity index (χ4v) is 2.50. The van der Waals surface area contributed by atoms with E-state index in [1.165, 1.54) is 5.56 Å². The van der Waals surface area contributed by atoms with Crippen molar-refractivity contribution in [2.75, 3.05) is 6.61 Å². The molecule has 0 saturated heterocycles. The summed E-state index contributed by atoms with van der Waals surface area (Å²) < 4.78 is 5.66. The Morgan fingerprint density at radius 3 is 2.55 bits per heavy atom. The van der Waals surface area contributed by atoms with Gasteiger partial charge >= 0.3 is 0 Å². The fourth-order valence-electron chi connectivity index (χ4n) is 2.50. The second kappa shape index (κ2) is 6.27. The number of ether oxygens (including phenoxy) is 1. The molecular weight excluding hydrogens is 252 g/mol. The first-order valence-corrected chi connectivity index (χ1v) is 7.29. The molecule has 0 aromatic heterocycles. The van der Waals surface area contributed by atoms with Gasteiger partial charge in [-0.25, -0.2) is 0 Å². The van der Waals surface area contributed by atoms with Gasteiger partial charge in [-0.15, -0.1) is 0 Å². The van der Waals surface area contributed by atoms with Crippen molar-refractivity contribution in [1.29, 1.82) is 0 Å². The molecule has 0 spiro atoms. The molecule has 1 fully saturated rings. The van der Waals surface area contributed by atoms with Crippen LogP contribution >= 0.6 is 0 Å². The number of hydrogen-bond acceptors (Lipinski definition) is 3. The maximum atomic E-state index is 12.1. The summed E-state index contributed by atoms with van der Waals surface area (Å²) in [6.07, 6.45) is 3.64. The summed E-state index contributed by atoms with van der Waals surface area (Å²) in [7, 11) is 0. The fraction of sp³-hybridized carbons (Fsp3) is 0.562. The SMILES string of the molecule is Cc1ccc(OCC(C)NC(=O)C2(N)CCCC2)cc1. The minimum absolute atomic E-state index is 0.0463. The molecule has 1 aliphatic rings. The number of carbonyl (C=O) groups is 1. The molecule has 2 rings (SSSR count). The highest BCUT2D eigenvalue weighted by atomic mass is 16.5. The topological polar surface area (TPSA) is 64.3 Å². The zero-order valence-electron chi connectivity index (χ0n) is 12.3. The third kappa shape index (κ3) is 3.73. The van der Waals surface area contributed by atoms with E-state index in [1.54, 1.807) is 0 Å². The molecule has 110 valence electrons. The minimum Gasteiger partial charge on any atom is -0.491 e. The lowest BCUT2D eigenvalue weighted by Gasteiger charge is -2.25. The van der Waals surface area contributed by atoms with Crippen molar-refractivity contribution in [3.05, 3.63) is 29.8 Å². The lowest BCUT2D eigenvalue weighted by Crippen LogP contribution is -2.54. The molecule has 1 atom stereocenters. The Kier molecular flexibility index (Phi) is 4.65. The van der Waals surface area contributed by atoms with Gasteiger partial charge in [0.15, 0.2) is 0 Å². The standard InChI is InChI=1S/C16H24N2O2/c1-12-5-7-14(8-6-12)20-11-13(2)18-15(19)16(17)9-3-4-10-16/h5-8,13H,3-4,9-11,17H2,1-2H3,(H,18,19). The van der Waals surface area contributed by atoms with Crippen molar-refractivity contribution in [2.45, 2.75) is 51.1 Å². The van der Waals surface area contributed by atoms with Crippen molar-refractivity contribution in [2.24, 2.45) is 5.73 Å². The van der Waals surface area contributed by atoms with Gasteiger partial charge < -0.3 is 15.8 Å². The summed E-state index contributed by atoms with van der Waals surface area (Å²) in [5.74, 6) is 0.773. The first-order valence-electron chi connectivity index (χ1n) is 7.29. The smallest absolute Gasteiger partial charge is 0.240 e. The Morgan fingerprint density at radius 1 is 1.35 bits per heavy atom. The Morgan fingerprint density at radius 2 is 1.95 bits per heavy atom. The number of amides is 1. The van der Waals surface area contributed by atoms with E-state index in [4.69, 9.17) is 10.5 Å². The zero-order chi connectivity index (χ0) is 14.6. The van der Waals surface area contributed by atoms with Crippen molar-refractivity contribution >= 4 is 5.91 Å². The monoisotopic (exact) mass is 276 g/mol. The van der Waals surface area contributed by atoms with E-state index < -0.39 is 5.54 Å². The Labute approximate surface area is 120 Å². The van der Waals surface area contributed by atoms with E-state index in [-0.39, 0.29) is 11.9 Å². The number of rotatable bonds is 5. The van der Waals surface area contributed by atoms with Crippen LogP contribution in [0.15, 0.2) is 24.3 Å². The molecule has 3 N–H and O–H groups in total. The molecule has 1 saturated carbocycles. The number of aryl methyl sites for hydroxylation is 1. The summed E-state index contributed by atoms with van der Waals surface area (Å²) in [4.78, 5) is 12.1. The molecule has 1 amide bonds. The lowest BCUT2D eigenvalue weighted by molar-refractivity contribution is -0.127. The van der Waals surface area contributed by atoms with Crippen LogP contribution in [0.1, 0.15) is 38.2 Å². The molecule has 4 heteroatoms. The number of benzene rings is 1. The average molecular weight is 276 g/mol. The molecule has 4 nitrogen and oxygen atoms in total. The molecule has 0 aliphatic heterocycles. The van der Waals surface area contributed by atoms with E-state index in [0.29, 0.717) is 6.61 Å². The molecular formula is C16H24N2O2. The number of nitrogens with two attached hydrogens (primary N) is 1. The molecule has 1 aromatic rings. The Hall–Kier alpha value is -1.55. The van der Waals surface area contributed by atoms with E-state index in [9.17, 15) is 4.79 Å². The Bertz CT molecular complexity index is 450. The van der Waals surface area contributed by atoms with E-state index in [2.05, 4.69) is 5.32 Å². The van der Waals surface area contributed by atoms with Gasteiger partial charge in [-0.1, -0.05) is 30.5 Å². The van der Waals surface area contributed by atoms with Gasteiger partial charge in [-0.05, 0) is 38.8 Å². The van der Waals surface area contributed by atoms with E-state index in [1.807, 2.05) is 38.1 Å². The predicted molar refractivity (Wildman–Crippen MR) is 79.7 cm³/mol. The molecule has 1 aliphatic carbocycles. The molecule has 1 aromatic carbocycles. The maximum Gasteiger partial charge on any atom is 0.240 e. The zero-order valence-corrected chi connectivity index (χ0v) is 12.3. The van der Waals surface area contributed by atoms with Gasteiger partial charge in [0.1, 0.15) is 12.4 Å². The molecule has 1 unspecified atom stereocenters. The van der Waals surface area contributed by atoms with Gasteiger partial charge in [0, 0.05) is 0 Å². The quantitative estimate of drug-likeness (QED) is 0.866. The second-order valence-corrected chi connectivity index (χ2v) is 5.86. The van der Waals surface area contributed by atoms with Crippen LogP contribution in [0.5, 0.6) is 5.75 Å². The third-order valence-corrected chi connectivity index (χ3v) is 3.85. The van der Waals surface area contributed by atoms with Gasteiger partial charge in [-0.2, -0.15) is 0 Å². The van der Waals surface area contributed by atoms with Crippen LogP contribution in [0.4, 0.5) is 0 Å². The number of nitrogens with one attached hydrogen (secondary N) is 1. The minimum atomic E-state index is -0.669. The molecule has 20 heavy (non-hydrogen) atoms. The summed E-state index contributed by atoms with van der Waals surface area (Å²) in [6, 6.07) is 7.83.